The number of primary amides is 1. The lowest BCUT2D eigenvalue weighted by Crippen LogP contribution is -2.12. The minimum Gasteiger partial charge on any atom is -0.492 e. The molecule has 1 aromatic carbocycles. The van der Waals surface area contributed by atoms with Gasteiger partial charge in [0.05, 0.1) is 19.0 Å². The third-order valence-corrected chi connectivity index (χ3v) is 3.47. The van der Waals surface area contributed by atoms with Gasteiger partial charge in [0.2, 0.25) is 0 Å². The van der Waals surface area contributed by atoms with Crippen LogP contribution in [0.4, 0.5) is 26.1 Å². The van der Waals surface area contributed by atoms with Crippen molar-refractivity contribution in [3.05, 3.63) is 41.6 Å². The molecule has 0 saturated heterocycles. The monoisotopic (exact) mass is 348 g/mol. The Kier molecular flexibility index (Phi) is 4.09. The smallest absolute Gasteiger partial charge is 0.254 e. The number of nitrogens with zero attached hydrogens (tertiary/aromatic N) is 3. The molecule has 3 rings (SSSR count). The van der Waals surface area contributed by atoms with E-state index < -0.39 is 17.5 Å². The average Bonchev–Trinajstić information content (AvgIpc) is 2.97. The molecule has 0 aliphatic carbocycles. The fraction of sp³-hybridized carbons (Fsp3) is 0.133. The summed E-state index contributed by atoms with van der Waals surface area (Å²) in [6, 6.07) is 3.33. The summed E-state index contributed by atoms with van der Waals surface area (Å²) in [6.07, 6.45) is 1.29. The molecule has 0 radical (unpaired) electrons. The second kappa shape index (κ2) is 6.23. The van der Waals surface area contributed by atoms with Gasteiger partial charge < -0.3 is 21.1 Å². The molecule has 130 valence electrons. The van der Waals surface area contributed by atoms with Crippen LogP contribution < -0.4 is 21.1 Å². The number of hydrogen-bond donors (Lipinski definition) is 3. The molecule has 1 amide bonds. The molecule has 10 heteroatoms. The third kappa shape index (κ3) is 2.89. The number of rotatable bonds is 5. The summed E-state index contributed by atoms with van der Waals surface area (Å²) < 4.78 is 33.7. The van der Waals surface area contributed by atoms with E-state index in [1.165, 1.54) is 17.8 Å². The van der Waals surface area contributed by atoms with E-state index >= 15 is 0 Å². The molecule has 0 spiro atoms. The zero-order chi connectivity index (χ0) is 18.1. The highest BCUT2D eigenvalue weighted by Crippen LogP contribution is 2.32. The van der Waals surface area contributed by atoms with Gasteiger partial charge in [-0.3, -0.25) is 4.79 Å². The zero-order valence-electron chi connectivity index (χ0n) is 13.3. The molecule has 4 N–H and O–H groups in total. The minimum atomic E-state index is -0.859. The van der Waals surface area contributed by atoms with Crippen LogP contribution in [0.25, 0.3) is 5.65 Å². The van der Waals surface area contributed by atoms with Crippen molar-refractivity contribution >= 4 is 28.9 Å². The fourth-order valence-electron chi connectivity index (χ4n) is 2.38. The second-order valence-corrected chi connectivity index (χ2v) is 5.03. The molecule has 2 aromatic heterocycles. The van der Waals surface area contributed by atoms with Crippen LogP contribution in [0.1, 0.15) is 10.4 Å². The van der Waals surface area contributed by atoms with Crippen LogP contribution >= 0.6 is 0 Å². The Bertz CT molecular complexity index is 972. The largest absolute Gasteiger partial charge is 0.492 e. The average molecular weight is 348 g/mol. The van der Waals surface area contributed by atoms with E-state index in [0.29, 0.717) is 11.9 Å². The first-order valence-electron chi connectivity index (χ1n) is 7.11. The second-order valence-electron chi connectivity index (χ2n) is 5.03. The molecule has 0 unspecified atom stereocenters. The van der Waals surface area contributed by atoms with Crippen molar-refractivity contribution in [1.29, 1.82) is 0 Å². The van der Waals surface area contributed by atoms with E-state index in [1.807, 2.05) is 0 Å². The Hall–Kier alpha value is -3.43. The van der Waals surface area contributed by atoms with Crippen molar-refractivity contribution in [3.8, 4) is 5.75 Å². The van der Waals surface area contributed by atoms with Crippen LogP contribution in [-0.4, -0.2) is 34.7 Å². The molecular formula is C15H14F2N6O2. The summed E-state index contributed by atoms with van der Waals surface area (Å²) in [7, 11) is 2.91. The topological polar surface area (TPSA) is 107 Å². The van der Waals surface area contributed by atoms with E-state index in [1.54, 1.807) is 13.1 Å². The molecule has 0 atom stereocenters. The highest BCUT2D eigenvalue weighted by atomic mass is 19.1. The van der Waals surface area contributed by atoms with Crippen LogP contribution in [0.3, 0.4) is 0 Å². The maximum Gasteiger partial charge on any atom is 0.254 e. The molecular weight excluding hydrogens is 334 g/mol. The van der Waals surface area contributed by atoms with Crippen molar-refractivity contribution < 1.29 is 18.3 Å². The Balaban J connectivity index is 2.14. The first-order chi connectivity index (χ1) is 11.9. The first kappa shape index (κ1) is 16.4. The van der Waals surface area contributed by atoms with Crippen LogP contribution in [-0.2, 0) is 0 Å². The van der Waals surface area contributed by atoms with Crippen molar-refractivity contribution in [2.75, 3.05) is 24.8 Å². The van der Waals surface area contributed by atoms with Gasteiger partial charge in [-0.15, -0.1) is 0 Å². The van der Waals surface area contributed by atoms with E-state index in [4.69, 9.17) is 10.5 Å². The fourth-order valence-corrected chi connectivity index (χ4v) is 2.38. The lowest BCUT2D eigenvalue weighted by atomic mass is 10.2. The number of aromatic nitrogens is 3. The van der Waals surface area contributed by atoms with Gasteiger partial charge in [-0.05, 0) is 0 Å². The van der Waals surface area contributed by atoms with Gasteiger partial charge in [0, 0.05) is 25.2 Å². The molecule has 0 saturated carbocycles. The molecule has 3 aromatic rings. The molecule has 0 bridgehead atoms. The number of halogens is 2. The van der Waals surface area contributed by atoms with Crippen LogP contribution in [0, 0.1) is 11.6 Å². The van der Waals surface area contributed by atoms with E-state index in [2.05, 4.69) is 20.7 Å². The summed E-state index contributed by atoms with van der Waals surface area (Å²) in [6.45, 7) is 0. The van der Waals surface area contributed by atoms with E-state index in [9.17, 15) is 13.6 Å². The van der Waals surface area contributed by atoms with Gasteiger partial charge in [0.15, 0.2) is 17.2 Å². The maximum absolute atomic E-state index is 13.8. The van der Waals surface area contributed by atoms with Gasteiger partial charge in [0.1, 0.15) is 23.0 Å². The molecule has 25 heavy (non-hydrogen) atoms. The summed E-state index contributed by atoms with van der Waals surface area (Å²) in [5.41, 5.74) is 5.65. The highest BCUT2D eigenvalue weighted by molar-refractivity contribution is 5.99. The molecule has 0 aliphatic rings. The normalized spacial score (nSPS) is 10.7. The number of nitrogens with two attached hydrogens (primary N) is 1. The number of anilines is 3. The standard InChI is InChI=1S/C15H14F2N6O2/c1-19-12-5-11(22-15-8(14(18)24)6-20-23(12)15)21-10-4-7(16)3-9(17)13(10)25-2/h3-6,19H,1-2H3,(H2,18,24)(H,21,22). The predicted molar refractivity (Wildman–Crippen MR) is 87.2 cm³/mol. The number of hydrogen-bond acceptors (Lipinski definition) is 6. The van der Waals surface area contributed by atoms with Crippen LogP contribution in [0.5, 0.6) is 5.75 Å². The molecule has 0 fully saturated rings. The van der Waals surface area contributed by atoms with Crippen molar-refractivity contribution in [2.24, 2.45) is 5.73 Å². The van der Waals surface area contributed by atoms with E-state index in [-0.39, 0.29) is 28.5 Å². The Morgan fingerprint density at radius 3 is 2.72 bits per heavy atom. The van der Waals surface area contributed by atoms with Gasteiger partial charge >= 0.3 is 0 Å². The van der Waals surface area contributed by atoms with Gasteiger partial charge in [0.25, 0.3) is 5.91 Å². The Morgan fingerprint density at radius 1 is 1.32 bits per heavy atom. The van der Waals surface area contributed by atoms with Gasteiger partial charge in [-0.2, -0.15) is 9.61 Å². The highest BCUT2D eigenvalue weighted by Gasteiger charge is 2.17. The summed E-state index contributed by atoms with van der Waals surface area (Å²) in [5.74, 6) is -1.81. The summed E-state index contributed by atoms with van der Waals surface area (Å²) in [4.78, 5) is 15.7. The zero-order valence-corrected chi connectivity index (χ0v) is 13.3. The summed E-state index contributed by atoms with van der Waals surface area (Å²) >= 11 is 0. The molecule has 0 aliphatic heterocycles. The van der Waals surface area contributed by atoms with Crippen molar-refractivity contribution in [2.45, 2.75) is 0 Å². The lowest BCUT2D eigenvalue weighted by molar-refractivity contribution is 0.100. The number of fused-ring (bicyclic) bond motifs is 1. The number of carbonyl (C=O) groups excluding carboxylic acids is 1. The van der Waals surface area contributed by atoms with Crippen molar-refractivity contribution in [1.82, 2.24) is 14.6 Å². The number of nitrogens with one attached hydrogen (secondary N) is 2. The number of methoxy groups -OCH3 is 1. The maximum atomic E-state index is 13.8. The third-order valence-electron chi connectivity index (χ3n) is 3.47. The van der Waals surface area contributed by atoms with Crippen LogP contribution in [0.2, 0.25) is 0 Å². The van der Waals surface area contributed by atoms with E-state index in [0.717, 1.165) is 6.07 Å². The van der Waals surface area contributed by atoms with Crippen LogP contribution in [0.15, 0.2) is 24.4 Å². The minimum absolute atomic E-state index is 0.0408. The summed E-state index contributed by atoms with van der Waals surface area (Å²) in [5, 5.41) is 9.71. The van der Waals surface area contributed by atoms with Gasteiger partial charge in [-0.25, -0.2) is 13.8 Å². The SMILES string of the molecule is CNc1cc(Nc2cc(F)cc(F)c2OC)nc2c(C(N)=O)cnn12. The number of amides is 1. The Labute approximate surface area is 140 Å². The van der Waals surface area contributed by atoms with Crippen molar-refractivity contribution in [3.63, 3.8) is 0 Å². The number of carbonyl (C=O) groups is 1. The van der Waals surface area contributed by atoms with Gasteiger partial charge in [-0.1, -0.05) is 0 Å². The Morgan fingerprint density at radius 2 is 2.08 bits per heavy atom. The predicted octanol–water partition coefficient (Wildman–Crippen LogP) is 1.90. The number of ether oxygens (including phenoxy) is 1. The molecule has 8 nitrogen and oxygen atoms in total. The number of benzene rings is 1. The lowest BCUT2D eigenvalue weighted by Gasteiger charge is -2.13. The quantitative estimate of drug-likeness (QED) is 0.650. The first-order valence-corrected chi connectivity index (χ1v) is 7.11. The molecule has 2 heterocycles.